The predicted octanol–water partition coefficient (Wildman–Crippen LogP) is 1.04. The van der Waals surface area contributed by atoms with Crippen LogP contribution in [0.25, 0.3) is 0 Å². The van der Waals surface area contributed by atoms with Crippen LogP contribution in [-0.2, 0) is 0 Å². The summed E-state index contributed by atoms with van der Waals surface area (Å²) in [4.78, 5) is 0. The molecule has 0 bridgehead atoms. The number of aliphatic hydroxyl groups excluding tert-OH is 1. The number of hydrogen-bond donors (Lipinski definition) is 2. The van der Waals surface area contributed by atoms with Crippen molar-refractivity contribution in [3.8, 4) is 0 Å². The van der Waals surface area contributed by atoms with Gasteiger partial charge in [-0.15, -0.1) is 0 Å². The second kappa shape index (κ2) is 9.16. The summed E-state index contributed by atoms with van der Waals surface area (Å²) >= 11 is 0. The van der Waals surface area contributed by atoms with Crippen LogP contribution >= 0.6 is 0 Å². The van der Waals surface area contributed by atoms with Crippen LogP contribution in [0.2, 0.25) is 0 Å². The molecule has 0 saturated carbocycles. The largest absolute Gasteiger partial charge is 0.397 e. The Morgan fingerprint density at radius 2 is 1.57 bits per heavy atom. The summed E-state index contributed by atoms with van der Waals surface area (Å²) in [6.45, 7) is 5.43. The molecule has 0 aliphatic heterocycles. The number of aliphatic hydroxyl groups is 1. The fourth-order valence-electron chi connectivity index (χ4n) is 0. The van der Waals surface area contributed by atoms with Crippen LogP contribution in [-0.4, -0.2) is 17.4 Å². The van der Waals surface area contributed by atoms with Gasteiger partial charge in [-0.1, -0.05) is 0 Å². The van der Waals surface area contributed by atoms with E-state index in [-0.39, 0.29) is 6.61 Å². The average molecular weight is 103 g/mol. The van der Waals surface area contributed by atoms with E-state index in [9.17, 15) is 0 Å². The Morgan fingerprint density at radius 3 is 1.57 bits per heavy atom. The van der Waals surface area contributed by atoms with Gasteiger partial charge in [-0.3, -0.25) is 0 Å². The fraction of sp³-hybridized carbons (Fsp3) is 0.800. The zero-order valence-corrected chi connectivity index (χ0v) is 5.15. The van der Waals surface area contributed by atoms with Gasteiger partial charge in [-0.2, -0.15) is 0 Å². The van der Waals surface area contributed by atoms with Crippen molar-refractivity contribution in [1.29, 1.82) is 5.41 Å². The Hall–Kier alpha value is -0.370. The molecule has 7 heavy (non-hydrogen) atoms. The van der Waals surface area contributed by atoms with E-state index in [0.717, 1.165) is 0 Å². The van der Waals surface area contributed by atoms with Crippen molar-refractivity contribution in [2.24, 2.45) is 0 Å². The van der Waals surface area contributed by atoms with Gasteiger partial charge in [0.05, 0.1) is 0 Å². The minimum atomic E-state index is 0.250. The number of nitrogens with one attached hydrogen (secondary N) is 1. The standard InChI is InChI=1S/C3H7N.C2H6O/c1-3(2)4;1-2-3/h4H,1-2H3;3H,2H2,1H3. The second-order valence-corrected chi connectivity index (χ2v) is 1.32. The highest BCUT2D eigenvalue weighted by molar-refractivity contribution is 5.75. The molecule has 0 unspecified atom stereocenters. The molecule has 0 atom stereocenters. The summed E-state index contributed by atoms with van der Waals surface area (Å²) in [6.07, 6.45) is 0. The van der Waals surface area contributed by atoms with Gasteiger partial charge in [0.25, 0.3) is 0 Å². The van der Waals surface area contributed by atoms with Crippen LogP contribution in [0.15, 0.2) is 0 Å². The Labute approximate surface area is 44.7 Å². The molecule has 2 N–H and O–H groups in total. The average Bonchev–Trinajstić information content (AvgIpc) is 1.33. The number of hydrogen-bond acceptors (Lipinski definition) is 2. The summed E-state index contributed by atoms with van der Waals surface area (Å²) in [5.74, 6) is 0. The SMILES string of the molecule is CC(C)=N.CCO. The van der Waals surface area contributed by atoms with E-state index in [1.165, 1.54) is 0 Å². The molecule has 0 heterocycles. The van der Waals surface area contributed by atoms with Gasteiger partial charge in [0, 0.05) is 12.3 Å². The molecular weight excluding hydrogens is 90.1 g/mol. The van der Waals surface area contributed by atoms with Gasteiger partial charge in [-0.05, 0) is 20.8 Å². The van der Waals surface area contributed by atoms with Crippen LogP contribution < -0.4 is 0 Å². The smallest absolute Gasteiger partial charge is 0.0402 e. The molecule has 0 rings (SSSR count). The first kappa shape index (κ1) is 9.80. The molecule has 0 aromatic heterocycles. The minimum Gasteiger partial charge on any atom is -0.397 e. The molecule has 0 fully saturated rings. The molecule has 0 aromatic carbocycles. The summed E-state index contributed by atoms with van der Waals surface area (Å²) < 4.78 is 0. The van der Waals surface area contributed by atoms with E-state index in [2.05, 4.69) is 0 Å². The summed E-state index contributed by atoms with van der Waals surface area (Å²) in [5, 5.41) is 14.1. The van der Waals surface area contributed by atoms with Gasteiger partial charge in [0.1, 0.15) is 0 Å². The van der Waals surface area contributed by atoms with Crippen molar-refractivity contribution in [2.75, 3.05) is 6.61 Å². The first-order chi connectivity index (χ1) is 3.15. The lowest BCUT2D eigenvalue weighted by Gasteiger charge is -1.63. The normalized spacial score (nSPS) is 6.29. The molecule has 2 nitrogen and oxygen atoms in total. The van der Waals surface area contributed by atoms with Crippen LogP contribution in [0.5, 0.6) is 0 Å². The number of rotatable bonds is 0. The molecule has 0 spiro atoms. The van der Waals surface area contributed by atoms with Crippen molar-refractivity contribution >= 4 is 5.71 Å². The predicted molar refractivity (Wildman–Crippen MR) is 31.8 cm³/mol. The Kier molecular flexibility index (Phi) is 12.8. The van der Waals surface area contributed by atoms with E-state index >= 15 is 0 Å². The highest BCUT2D eigenvalue weighted by atomic mass is 16.2. The van der Waals surface area contributed by atoms with Gasteiger partial charge in [0.15, 0.2) is 0 Å². The molecule has 44 valence electrons. The van der Waals surface area contributed by atoms with Crippen LogP contribution in [0.3, 0.4) is 0 Å². The zero-order valence-electron chi connectivity index (χ0n) is 5.15. The summed E-state index contributed by atoms with van der Waals surface area (Å²) in [7, 11) is 0. The van der Waals surface area contributed by atoms with Gasteiger partial charge < -0.3 is 10.5 Å². The molecule has 0 amide bonds. The maximum atomic E-state index is 7.57. The Morgan fingerprint density at radius 1 is 1.57 bits per heavy atom. The van der Waals surface area contributed by atoms with E-state index in [1.54, 1.807) is 20.8 Å². The molecule has 0 aliphatic rings. The van der Waals surface area contributed by atoms with E-state index in [1.807, 2.05) is 0 Å². The lowest BCUT2D eigenvalue weighted by molar-refractivity contribution is 0.318. The van der Waals surface area contributed by atoms with E-state index < -0.39 is 0 Å². The molecule has 0 saturated heterocycles. The van der Waals surface area contributed by atoms with Gasteiger partial charge in [0.2, 0.25) is 0 Å². The topological polar surface area (TPSA) is 44.1 Å². The third-order valence-electron chi connectivity index (χ3n) is 0. The van der Waals surface area contributed by atoms with Crippen LogP contribution in [0.1, 0.15) is 20.8 Å². The highest BCUT2D eigenvalue weighted by Gasteiger charge is 1.55. The van der Waals surface area contributed by atoms with Crippen molar-refractivity contribution < 1.29 is 5.11 Å². The molecule has 2 heteroatoms. The fourth-order valence-corrected chi connectivity index (χ4v) is 0. The Bertz CT molecular complexity index is 39.3. The second-order valence-electron chi connectivity index (χ2n) is 1.32. The van der Waals surface area contributed by atoms with Gasteiger partial charge in [-0.25, -0.2) is 0 Å². The summed E-state index contributed by atoms with van der Waals surface area (Å²) in [6, 6.07) is 0. The molecule has 0 aliphatic carbocycles. The molecule has 0 radical (unpaired) electrons. The first-order valence-electron chi connectivity index (χ1n) is 2.27. The van der Waals surface area contributed by atoms with Crippen molar-refractivity contribution in [3.63, 3.8) is 0 Å². The monoisotopic (exact) mass is 103 g/mol. The maximum Gasteiger partial charge on any atom is 0.0402 e. The Balaban J connectivity index is 0. The first-order valence-corrected chi connectivity index (χ1v) is 2.27. The van der Waals surface area contributed by atoms with Gasteiger partial charge >= 0.3 is 0 Å². The van der Waals surface area contributed by atoms with Crippen LogP contribution in [0.4, 0.5) is 0 Å². The minimum absolute atomic E-state index is 0.250. The maximum absolute atomic E-state index is 7.57. The highest BCUT2D eigenvalue weighted by Crippen LogP contribution is 1.52. The van der Waals surface area contributed by atoms with Crippen molar-refractivity contribution in [2.45, 2.75) is 20.8 Å². The lowest BCUT2D eigenvalue weighted by Crippen LogP contribution is -1.67. The zero-order chi connectivity index (χ0) is 6.28. The van der Waals surface area contributed by atoms with E-state index in [4.69, 9.17) is 10.5 Å². The quantitative estimate of drug-likeness (QED) is 0.442. The third-order valence-corrected chi connectivity index (χ3v) is 0. The van der Waals surface area contributed by atoms with Crippen molar-refractivity contribution in [3.05, 3.63) is 0 Å². The van der Waals surface area contributed by atoms with E-state index in [0.29, 0.717) is 5.71 Å². The van der Waals surface area contributed by atoms with Crippen molar-refractivity contribution in [1.82, 2.24) is 0 Å². The molecular formula is C5H13NO. The lowest BCUT2D eigenvalue weighted by atomic mass is 10.5. The summed E-state index contributed by atoms with van der Waals surface area (Å²) in [5.41, 5.74) is 0.667. The molecule has 0 aromatic rings. The third kappa shape index (κ3) is 542. The van der Waals surface area contributed by atoms with Crippen LogP contribution in [0, 0.1) is 5.41 Å².